The first-order valence-electron chi connectivity index (χ1n) is 14.2. The SMILES string of the molecule is C=C1CC2CC3CCCCCC3(O2)C1=C.C=C=C(CC(O)CC1CCCCCC1=O)C[Si](C)(C)C. The minimum absolute atomic E-state index is 0.0104. The molecule has 2 aliphatic heterocycles. The quantitative estimate of drug-likeness (QED) is 0.230. The summed E-state index contributed by atoms with van der Waals surface area (Å²) in [6.07, 6.45) is 15.1. The van der Waals surface area contributed by atoms with Crippen LogP contribution < -0.4 is 0 Å². The van der Waals surface area contributed by atoms with Crippen molar-refractivity contribution in [2.75, 3.05) is 0 Å². The van der Waals surface area contributed by atoms with Gasteiger partial charge in [0.25, 0.3) is 0 Å². The summed E-state index contributed by atoms with van der Waals surface area (Å²) in [5.74, 6) is 1.16. The Morgan fingerprint density at radius 1 is 1.14 bits per heavy atom. The third-order valence-corrected chi connectivity index (χ3v) is 10.0. The van der Waals surface area contributed by atoms with E-state index in [0.717, 1.165) is 49.6 Å². The van der Waals surface area contributed by atoms with Crippen LogP contribution in [0, 0.1) is 11.8 Å². The Kier molecular flexibility index (Phi) is 10.0. The standard InChI is InChI=1S/C17H30O2Si.C14H20O/c1-5-14(13-20(2,3)4)11-16(18)12-15-9-7-6-8-10-17(15)19;1-10-8-13-9-12-6-4-3-5-7-14(12,15-13)11(10)2/h15-16,18H,1,6-13H2,2-4H3;12-13H,1-9H2. The molecule has 0 aromatic heterocycles. The first-order valence-corrected chi connectivity index (χ1v) is 17.9. The predicted octanol–water partition coefficient (Wildman–Crippen LogP) is 7.94. The number of aliphatic hydroxyl groups excluding tert-OH is 1. The van der Waals surface area contributed by atoms with Gasteiger partial charge in [-0.2, -0.15) is 0 Å². The van der Waals surface area contributed by atoms with Crippen molar-refractivity contribution in [3.05, 3.63) is 42.2 Å². The van der Waals surface area contributed by atoms with Gasteiger partial charge in [-0.15, -0.1) is 5.73 Å². The molecule has 2 saturated carbocycles. The molecule has 2 heterocycles. The van der Waals surface area contributed by atoms with Crippen molar-refractivity contribution < 1.29 is 14.6 Å². The Labute approximate surface area is 215 Å². The molecule has 0 aromatic rings. The Hall–Kier alpha value is -1.19. The average Bonchev–Trinajstić information content (AvgIpc) is 2.90. The number of carbonyl (C=O) groups is 1. The van der Waals surface area contributed by atoms with Gasteiger partial charge >= 0.3 is 0 Å². The largest absolute Gasteiger partial charge is 0.393 e. The molecule has 0 aromatic carbocycles. The molecule has 2 saturated heterocycles. The van der Waals surface area contributed by atoms with Crippen molar-refractivity contribution in [1.29, 1.82) is 0 Å². The maximum absolute atomic E-state index is 12.0. The van der Waals surface area contributed by atoms with E-state index >= 15 is 0 Å². The summed E-state index contributed by atoms with van der Waals surface area (Å²) in [5, 5.41) is 10.3. The van der Waals surface area contributed by atoms with Crippen LogP contribution in [0.15, 0.2) is 42.2 Å². The molecule has 4 fully saturated rings. The second-order valence-corrected chi connectivity index (χ2v) is 18.3. The summed E-state index contributed by atoms with van der Waals surface area (Å²) in [4.78, 5) is 12.0. The number of carbonyl (C=O) groups excluding carboxylic acids is 1. The zero-order valence-electron chi connectivity index (χ0n) is 22.8. The molecular formula is C31H50O3Si. The Balaban J connectivity index is 0.000000202. The first kappa shape index (κ1) is 28.4. The molecule has 2 aliphatic carbocycles. The highest BCUT2D eigenvalue weighted by atomic mass is 28.3. The third-order valence-electron chi connectivity index (χ3n) is 8.56. The summed E-state index contributed by atoms with van der Waals surface area (Å²) in [7, 11) is -1.20. The zero-order chi connectivity index (χ0) is 25.6. The van der Waals surface area contributed by atoms with Gasteiger partial charge in [-0.1, -0.05) is 71.5 Å². The van der Waals surface area contributed by atoms with Gasteiger partial charge in [0.05, 0.1) is 17.8 Å². The minimum Gasteiger partial charge on any atom is -0.393 e. The molecule has 5 atom stereocenters. The van der Waals surface area contributed by atoms with Crippen molar-refractivity contribution in [1.82, 2.24) is 0 Å². The van der Waals surface area contributed by atoms with Crippen molar-refractivity contribution in [2.45, 2.75) is 133 Å². The van der Waals surface area contributed by atoms with E-state index in [4.69, 9.17) is 4.74 Å². The highest BCUT2D eigenvalue weighted by Gasteiger charge is 2.53. The summed E-state index contributed by atoms with van der Waals surface area (Å²) in [5.41, 5.74) is 6.64. The lowest BCUT2D eigenvalue weighted by molar-refractivity contribution is -0.123. The van der Waals surface area contributed by atoms with E-state index in [-0.39, 0.29) is 11.5 Å². The average molecular weight is 499 g/mol. The minimum atomic E-state index is -1.20. The van der Waals surface area contributed by atoms with E-state index in [2.05, 4.69) is 45.1 Å². The van der Waals surface area contributed by atoms with Crippen LogP contribution in [0.5, 0.6) is 0 Å². The van der Waals surface area contributed by atoms with Gasteiger partial charge in [-0.05, 0) is 73.6 Å². The van der Waals surface area contributed by atoms with Crippen LogP contribution in [0.4, 0.5) is 0 Å². The van der Waals surface area contributed by atoms with E-state index in [9.17, 15) is 9.90 Å². The molecule has 4 rings (SSSR count). The number of hydrogen-bond acceptors (Lipinski definition) is 3. The Morgan fingerprint density at radius 3 is 2.57 bits per heavy atom. The van der Waals surface area contributed by atoms with Crippen molar-refractivity contribution >= 4 is 13.9 Å². The lowest BCUT2D eigenvalue weighted by Gasteiger charge is -2.39. The van der Waals surface area contributed by atoms with Gasteiger partial charge in [0.15, 0.2) is 0 Å². The van der Waals surface area contributed by atoms with E-state index in [1.54, 1.807) is 0 Å². The summed E-state index contributed by atoms with van der Waals surface area (Å²) >= 11 is 0. The lowest BCUT2D eigenvalue weighted by atomic mass is 9.77. The van der Waals surface area contributed by atoms with Gasteiger partial charge < -0.3 is 9.84 Å². The van der Waals surface area contributed by atoms with E-state index in [1.165, 1.54) is 49.7 Å². The Bertz CT molecular complexity index is 831. The first-order chi connectivity index (χ1) is 16.5. The molecule has 4 heteroatoms. The van der Waals surface area contributed by atoms with Crippen molar-refractivity contribution in [3.8, 4) is 0 Å². The molecule has 1 spiro atoms. The maximum Gasteiger partial charge on any atom is 0.136 e. The smallest absolute Gasteiger partial charge is 0.136 e. The topological polar surface area (TPSA) is 46.5 Å². The van der Waals surface area contributed by atoms with Crippen LogP contribution in [-0.2, 0) is 9.53 Å². The van der Waals surface area contributed by atoms with Crippen LogP contribution in [0.3, 0.4) is 0 Å². The fourth-order valence-corrected chi connectivity index (χ4v) is 8.38. The van der Waals surface area contributed by atoms with E-state index < -0.39 is 14.2 Å². The van der Waals surface area contributed by atoms with Gasteiger partial charge in [0.1, 0.15) is 5.78 Å². The summed E-state index contributed by atoms with van der Waals surface area (Å²) in [6, 6.07) is 1.03. The van der Waals surface area contributed by atoms with Crippen LogP contribution in [0.25, 0.3) is 0 Å². The summed E-state index contributed by atoms with van der Waals surface area (Å²) < 4.78 is 6.29. The van der Waals surface area contributed by atoms with E-state index in [0.29, 0.717) is 31.1 Å². The monoisotopic (exact) mass is 498 g/mol. The fourth-order valence-electron chi connectivity index (χ4n) is 6.83. The van der Waals surface area contributed by atoms with Crippen LogP contribution in [0.2, 0.25) is 25.7 Å². The number of hydrogen-bond donors (Lipinski definition) is 1. The second-order valence-electron chi connectivity index (χ2n) is 12.8. The number of aliphatic hydroxyl groups is 1. The number of ether oxygens (including phenoxy) is 1. The molecule has 4 aliphatic rings. The molecule has 35 heavy (non-hydrogen) atoms. The molecule has 1 N–H and O–H groups in total. The fraction of sp³-hybridized carbons (Fsp3) is 0.742. The molecule has 3 nitrogen and oxygen atoms in total. The molecule has 196 valence electrons. The molecular weight excluding hydrogens is 448 g/mol. The molecule has 5 unspecified atom stereocenters. The van der Waals surface area contributed by atoms with Gasteiger partial charge in [0.2, 0.25) is 0 Å². The highest BCUT2D eigenvalue weighted by molar-refractivity contribution is 6.76. The van der Waals surface area contributed by atoms with Crippen LogP contribution >= 0.6 is 0 Å². The second kappa shape index (κ2) is 12.4. The van der Waals surface area contributed by atoms with E-state index in [1.807, 2.05) is 0 Å². The number of Topliss-reactive ketones (excluding diaryl/α,β-unsaturated/α-hetero) is 1. The summed E-state index contributed by atoms with van der Waals surface area (Å²) in [6.45, 7) is 19.1. The van der Waals surface area contributed by atoms with Crippen LogP contribution in [0.1, 0.15) is 89.9 Å². The number of fused-ring (bicyclic) bond motifs is 1. The van der Waals surface area contributed by atoms with Crippen molar-refractivity contribution in [2.24, 2.45) is 11.8 Å². The van der Waals surface area contributed by atoms with Gasteiger partial charge in [0, 0.05) is 26.8 Å². The normalized spacial score (nSPS) is 31.9. The third kappa shape index (κ3) is 7.65. The highest BCUT2D eigenvalue weighted by Crippen LogP contribution is 2.54. The van der Waals surface area contributed by atoms with Crippen molar-refractivity contribution in [3.63, 3.8) is 0 Å². The zero-order valence-corrected chi connectivity index (χ0v) is 23.8. The molecule has 0 radical (unpaired) electrons. The van der Waals surface area contributed by atoms with Gasteiger partial charge in [-0.3, -0.25) is 4.79 Å². The maximum atomic E-state index is 12.0. The van der Waals surface area contributed by atoms with Gasteiger partial charge in [-0.25, -0.2) is 0 Å². The molecule has 2 bridgehead atoms. The molecule has 0 amide bonds. The lowest BCUT2D eigenvalue weighted by Crippen LogP contribution is -2.40. The predicted molar refractivity (Wildman–Crippen MR) is 149 cm³/mol. The van der Waals surface area contributed by atoms with Crippen LogP contribution in [-0.4, -0.2) is 36.8 Å². The Morgan fingerprint density at radius 2 is 1.86 bits per heavy atom. The number of ketones is 1. The number of rotatable bonds is 6.